The topological polar surface area (TPSA) is 81.8 Å². The van der Waals surface area contributed by atoms with Gasteiger partial charge in [-0.15, -0.1) is 0 Å². The first-order valence-corrected chi connectivity index (χ1v) is 11.7. The van der Waals surface area contributed by atoms with E-state index in [9.17, 15) is 13.2 Å². The van der Waals surface area contributed by atoms with Crippen molar-refractivity contribution in [2.24, 2.45) is 0 Å². The summed E-state index contributed by atoms with van der Waals surface area (Å²) in [6, 6.07) is 11.8. The zero-order valence-electron chi connectivity index (χ0n) is 17.2. The van der Waals surface area contributed by atoms with Crippen LogP contribution in [0.3, 0.4) is 0 Å². The van der Waals surface area contributed by atoms with Crippen molar-refractivity contribution in [1.29, 1.82) is 0 Å². The lowest BCUT2D eigenvalue weighted by atomic mass is 10.2. The van der Waals surface area contributed by atoms with E-state index in [2.05, 4.69) is 10.6 Å². The van der Waals surface area contributed by atoms with Gasteiger partial charge in [0.1, 0.15) is 0 Å². The van der Waals surface area contributed by atoms with E-state index in [0.717, 1.165) is 24.9 Å². The molecule has 2 aromatic carbocycles. The fourth-order valence-corrected chi connectivity index (χ4v) is 5.05. The van der Waals surface area contributed by atoms with E-state index < -0.39 is 10.0 Å². The van der Waals surface area contributed by atoms with Gasteiger partial charge in [0.05, 0.1) is 22.8 Å². The zero-order valence-corrected chi connectivity index (χ0v) is 18.8. The highest BCUT2D eigenvalue weighted by Gasteiger charge is 2.26. The van der Waals surface area contributed by atoms with Crippen molar-refractivity contribution < 1.29 is 13.2 Å². The summed E-state index contributed by atoms with van der Waals surface area (Å²) in [5, 5.41) is 6.45. The Kier molecular flexibility index (Phi) is 7.23. The molecule has 1 saturated heterocycles. The Labute approximate surface area is 183 Å². The maximum atomic E-state index is 13.0. The minimum atomic E-state index is -3.56. The maximum Gasteiger partial charge on any atom is 0.243 e. The minimum absolute atomic E-state index is 0.00329. The fourth-order valence-electron chi connectivity index (χ4n) is 3.38. The van der Waals surface area contributed by atoms with Gasteiger partial charge in [0.2, 0.25) is 15.9 Å². The minimum Gasteiger partial charge on any atom is -0.376 e. The van der Waals surface area contributed by atoms with Crippen LogP contribution in [0.1, 0.15) is 19.3 Å². The lowest BCUT2D eigenvalue weighted by molar-refractivity contribution is -0.114. The Balaban J connectivity index is 1.76. The predicted molar refractivity (Wildman–Crippen MR) is 122 cm³/mol. The van der Waals surface area contributed by atoms with Crippen molar-refractivity contribution in [2.75, 3.05) is 49.3 Å². The molecular formula is C21H27ClN4O3S. The van der Waals surface area contributed by atoms with Gasteiger partial charge in [0.25, 0.3) is 0 Å². The van der Waals surface area contributed by atoms with Gasteiger partial charge in [-0.25, -0.2) is 8.42 Å². The van der Waals surface area contributed by atoms with Crippen LogP contribution >= 0.6 is 11.6 Å². The number of carbonyl (C=O) groups excluding carboxylic acids is 1. The van der Waals surface area contributed by atoms with Crippen LogP contribution < -0.4 is 15.5 Å². The van der Waals surface area contributed by atoms with Crippen molar-refractivity contribution in [1.82, 2.24) is 4.31 Å². The average Bonchev–Trinajstić information content (AvgIpc) is 2.74. The van der Waals surface area contributed by atoms with Crippen molar-refractivity contribution in [3.8, 4) is 0 Å². The van der Waals surface area contributed by atoms with Crippen LogP contribution in [0.25, 0.3) is 0 Å². The fraction of sp³-hybridized carbons (Fsp3) is 0.381. The maximum absolute atomic E-state index is 13.0. The SMILES string of the molecule is CN(C)c1ccc(S(=O)(=O)N2CCCCC2)cc1NCC(=O)Nc1ccc(Cl)cc1. The highest BCUT2D eigenvalue weighted by molar-refractivity contribution is 7.89. The van der Waals surface area contributed by atoms with Crippen molar-refractivity contribution in [3.05, 3.63) is 47.5 Å². The summed E-state index contributed by atoms with van der Waals surface area (Å²) in [5.74, 6) is -0.244. The monoisotopic (exact) mass is 450 g/mol. The summed E-state index contributed by atoms with van der Waals surface area (Å²) >= 11 is 5.86. The molecule has 0 radical (unpaired) electrons. The third-order valence-electron chi connectivity index (χ3n) is 4.97. The Bertz CT molecular complexity index is 988. The normalized spacial score (nSPS) is 14.9. The van der Waals surface area contributed by atoms with E-state index in [0.29, 0.717) is 29.5 Å². The van der Waals surface area contributed by atoms with Crippen molar-refractivity contribution >= 4 is 44.6 Å². The second-order valence-electron chi connectivity index (χ2n) is 7.45. The molecular weight excluding hydrogens is 424 g/mol. The first-order valence-electron chi connectivity index (χ1n) is 9.88. The third-order valence-corrected chi connectivity index (χ3v) is 7.12. The number of hydrogen-bond donors (Lipinski definition) is 2. The summed E-state index contributed by atoms with van der Waals surface area (Å²) < 4.78 is 27.6. The van der Waals surface area contributed by atoms with Crippen molar-refractivity contribution in [3.63, 3.8) is 0 Å². The molecule has 0 aliphatic carbocycles. The Morgan fingerprint density at radius 3 is 2.37 bits per heavy atom. The van der Waals surface area contributed by atoms with E-state index in [4.69, 9.17) is 11.6 Å². The average molecular weight is 451 g/mol. The van der Waals surface area contributed by atoms with E-state index in [-0.39, 0.29) is 17.3 Å². The molecule has 1 fully saturated rings. The standard InChI is InChI=1S/C21H27ClN4O3S/c1-25(2)20-11-10-18(30(28,29)26-12-4-3-5-13-26)14-19(20)23-15-21(27)24-17-8-6-16(22)7-9-17/h6-11,14,23H,3-5,12-13,15H2,1-2H3,(H,24,27). The molecule has 1 aliphatic heterocycles. The molecule has 9 heteroatoms. The molecule has 3 rings (SSSR count). The number of rotatable bonds is 7. The van der Waals surface area contributed by atoms with Gasteiger partial charge in [-0.1, -0.05) is 18.0 Å². The first-order chi connectivity index (χ1) is 14.3. The zero-order chi connectivity index (χ0) is 21.7. The second kappa shape index (κ2) is 9.68. The van der Waals surface area contributed by atoms with Gasteiger partial charge in [-0.2, -0.15) is 4.31 Å². The number of piperidine rings is 1. The summed E-state index contributed by atoms with van der Waals surface area (Å²) in [4.78, 5) is 14.4. The Hall–Kier alpha value is -2.29. The Morgan fingerprint density at radius 2 is 1.73 bits per heavy atom. The molecule has 0 unspecified atom stereocenters. The van der Waals surface area contributed by atoms with Gasteiger partial charge in [0.15, 0.2) is 0 Å². The van der Waals surface area contributed by atoms with Crippen LogP contribution in [0, 0.1) is 0 Å². The number of benzene rings is 2. The summed E-state index contributed by atoms with van der Waals surface area (Å²) in [7, 11) is 0.180. The van der Waals surface area contributed by atoms with Crippen LogP contribution in [0.4, 0.5) is 17.1 Å². The number of anilines is 3. The van der Waals surface area contributed by atoms with Gasteiger partial charge < -0.3 is 15.5 Å². The number of halogens is 1. The Morgan fingerprint density at radius 1 is 1.07 bits per heavy atom. The molecule has 0 bridgehead atoms. The molecule has 2 N–H and O–H groups in total. The molecule has 0 saturated carbocycles. The van der Waals surface area contributed by atoms with E-state index in [1.165, 1.54) is 4.31 Å². The molecule has 30 heavy (non-hydrogen) atoms. The number of nitrogens with one attached hydrogen (secondary N) is 2. The highest BCUT2D eigenvalue weighted by atomic mass is 35.5. The third kappa shape index (κ3) is 5.44. The van der Waals surface area contributed by atoms with Crippen LogP contribution in [0.2, 0.25) is 5.02 Å². The summed E-state index contributed by atoms with van der Waals surface area (Å²) in [6.07, 6.45) is 2.82. The number of nitrogens with zero attached hydrogens (tertiary/aromatic N) is 2. The highest BCUT2D eigenvalue weighted by Crippen LogP contribution is 2.30. The molecule has 7 nitrogen and oxygen atoms in total. The number of hydrogen-bond acceptors (Lipinski definition) is 5. The van der Waals surface area contributed by atoms with E-state index in [1.54, 1.807) is 42.5 Å². The van der Waals surface area contributed by atoms with Crippen LogP contribution in [-0.4, -0.2) is 52.4 Å². The number of carbonyl (C=O) groups is 1. The quantitative estimate of drug-likeness (QED) is 0.673. The van der Waals surface area contributed by atoms with Crippen LogP contribution in [0.5, 0.6) is 0 Å². The second-order valence-corrected chi connectivity index (χ2v) is 9.82. The molecule has 2 aromatic rings. The molecule has 0 atom stereocenters. The predicted octanol–water partition coefficient (Wildman–Crippen LogP) is 3.63. The van der Waals surface area contributed by atoms with E-state index >= 15 is 0 Å². The van der Waals surface area contributed by atoms with Gasteiger partial charge in [-0.3, -0.25) is 4.79 Å². The number of amides is 1. The van der Waals surface area contributed by atoms with Crippen LogP contribution in [0.15, 0.2) is 47.4 Å². The van der Waals surface area contributed by atoms with Crippen molar-refractivity contribution in [2.45, 2.75) is 24.2 Å². The first kappa shape index (κ1) is 22.4. The lowest BCUT2D eigenvalue weighted by Crippen LogP contribution is -2.35. The summed E-state index contributed by atoms with van der Waals surface area (Å²) in [6.45, 7) is 1.09. The van der Waals surface area contributed by atoms with Crippen LogP contribution in [-0.2, 0) is 14.8 Å². The van der Waals surface area contributed by atoms with Gasteiger partial charge in [-0.05, 0) is 55.3 Å². The van der Waals surface area contributed by atoms with Gasteiger partial charge >= 0.3 is 0 Å². The lowest BCUT2D eigenvalue weighted by Gasteiger charge is -2.27. The molecule has 1 heterocycles. The largest absolute Gasteiger partial charge is 0.376 e. The summed E-state index contributed by atoms with van der Waals surface area (Å²) in [5.41, 5.74) is 2.02. The smallest absolute Gasteiger partial charge is 0.243 e. The molecule has 0 spiro atoms. The molecule has 162 valence electrons. The number of sulfonamides is 1. The van der Waals surface area contributed by atoms with E-state index in [1.807, 2.05) is 19.0 Å². The van der Waals surface area contributed by atoms with Gasteiger partial charge in [0, 0.05) is 37.9 Å². The molecule has 1 aliphatic rings. The molecule has 1 amide bonds. The molecule has 0 aromatic heterocycles.